The van der Waals surface area contributed by atoms with Crippen LogP contribution in [0.15, 0.2) is 51.2 Å². The average Bonchev–Trinajstić information content (AvgIpc) is 2.85. The van der Waals surface area contributed by atoms with Gasteiger partial charge in [0.05, 0.1) is 35.1 Å². The van der Waals surface area contributed by atoms with Crippen LogP contribution in [-0.2, 0) is 14.3 Å². The van der Waals surface area contributed by atoms with Gasteiger partial charge in [-0.2, -0.15) is 5.10 Å². The van der Waals surface area contributed by atoms with Gasteiger partial charge < -0.3 is 30.0 Å². The molecule has 2 aromatic carbocycles. The number of rotatable bonds is 9. The van der Waals surface area contributed by atoms with Crippen molar-refractivity contribution in [2.75, 3.05) is 20.3 Å². The van der Waals surface area contributed by atoms with Gasteiger partial charge in [0.2, 0.25) is 0 Å². The fourth-order valence-corrected chi connectivity index (χ4v) is 4.99. The van der Waals surface area contributed by atoms with Crippen molar-refractivity contribution in [3.8, 4) is 17.2 Å². The smallest absolute Gasteiger partial charge is 0.338 e. The molecule has 1 heterocycles. The van der Waals surface area contributed by atoms with Gasteiger partial charge in [-0.1, -0.05) is 22.0 Å². The summed E-state index contributed by atoms with van der Waals surface area (Å²) in [5.41, 5.74) is 3.96. The highest BCUT2D eigenvalue weighted by Gasteiger charge is 2.32. The molecule has 4 N–H and O–H groups in total. The SMILES string of the molecule is CCOC(=O)C1=C(C)NC(=O)N[C@@H]1c1ccc(OCC(=O)N/N=C/c2cc(Br)cc(I)c2O)c(OC)c1. The number of phenolic OH excluding ortho intramolecular Hbond substituents is 1. The van der Waals surface area contributed by atoms with Crippen molar-refractivity contribution in [2.24, 2.45) is 5.10 Å². The summed E-state index contributed by atoms with van der Waals surface area (Å²) in [7, 11) is 1.43. The number of phenols is 1. The Hall–Kier alpha value is -3.33. The van der Waals surface area contributed by atoms with E-state index in [4.69, 9.17) is 14.2 Å². The maximum Gasteiger partial charge on any atom is 0.338 e. The molecule has 3 amide bonds. The summed E-state index contributed by atoms with van der Waals surface area (Å²) in [4.78, 5) is 36.8. The van der Waals surface area contributed by atoms with Gasteiger partial charge in [-0.25, -0.2) is 15.0 Å². The summed E-state index contributed by atoms with van der Waals surface area (Å²) in [6.07, 6.45) is 1.32. The van der Waals surface area contributed by atoms with Gasteiger partial charge in [0, 0.05) is 15.7 Å². The van der Waals surface area contributed by atoms with E-state index in [0.29, 0.717) is 20.4 Å². The molecule has 0 saturated carbocycles. The number of nitrogens with zero attached hydrogens (tertiary/aromatic N) is 1. The Morgan fingerprint density at radius 2 is 2.03 bits per heavy atom. The fraction of sp³-hybridized carbons (Fsp3) is 0.250. The maximum absolute atomic E-state index is 12.5. The molecule has 11 nitrogen and oxygen atoms in total. The van der Waals surface area contributed by atoms with Gasteiger partial charge in [-0.3, -0.25) is 4.79 Å². The zero-order valence-corrected chi connectivity index (χ0v) is 23.8. The van der Waals surface area contributed by atoms with Gasteiger partial charge in [0.15, 0.2) is 18.1 Å². The van der Waals surface area contributed by atoms with Crippen LogP contribution in [0.25, 0.3) is 0 Å². The number of carbonyl (C=O) groups excluding carboxylic acids is 3. The van der Waals surface area contributed by atoms with E-state index < -0.39 is 23.9 Å². The molecule has 2 aromatic rings. The number of amides is 3. The number of esters is 1. The number of hydrazone groups is 1. The molecule has 0 fully saturated rings. The molecule has 0 bridgehead atoms. The van der Waals surface area contributed by atoms with E-state index in [1.54, 1.807) is 44.2 Å². The number of nitrogens with one attached hydrogen (secondary N) is 3. The molecule has 1 atom stereocenters. The van der Waals surface area contributed by atoms with Crippen LogP contribution >= 0.6 is 38.5 Å². The Balaban J connectivity index is 1.70. The van der Waals surface area contributed by atoms with Gasteiger partial charge in [0.25, 0.3) is 5.91 Å². The van der Waals surface area contributed by atoms with E-state index in [0.717, 1.165) is 4.47 Å². The van der Waals surface area contributed by atoms with Crippen LogP contribution in [0.4, 0.5) is 4.79 Å². The number of hydrogen-bond acceptors (Lipinski definition) is 8. The van der Waals surface area contributed by atoms with Crippen LogP contribution in [-0.4, -0.2) is 49.6 Å². The summed E-state index contributed by atoms with van der Waals surface area (Å²) in [5.74, 6) is -0.497. The quantitative estimate of drug-likeness (QED) is 0.137. The Morgan fingerprint density at radius 1 is 1.27 bits per heavy atom. The summed E-state index contributed by atoms with van der Waals surface area (Å²) < 4.78 is 17.5. The molecule has 0 aliphatic carbocycles. The minimum Gasteiger partial charge on any atom is -0.506 e. The molecule has 0 saturated heterocycles. The number of ether oxygens (including phenoxy) is 3. The highest BCUT2D eigenvalue weighted by molar-refractivity contribution is 14.1. The molecule has 13 heteroatoms. The van der Waals surface area contributed by atoms with Gasteiger partial charge in [-0.05, 0) is 66.3 Å². The second-order valence-electron chi connectivity index (χ2n) is 7.61. The average molecular weight is 687 g/mol. The Morgan fingerprint density at radius 3 is 2.73 bits per heavy atom. The van der Waals surface area contributed by atoms with Crippen LogP contribution in [0.1, 0.15) is 31.0 Å². The lowest BCUT2D eigenvalue weighted by Gasteiger charge is -2.28. The van der Waals surface area contributed by atoms with Crippen molar-refractivity contribution < 1.29 is 33.7 Å². The normalized spacial score (nSPS) is 15.2. The van der Waals surface area contributed by atoms with E-state index in [1.165, 1.54) is 13.3 Å². The predicted molar refractivity (Wildman–Crippen MR) is 146 cm³/mol. The highest BCUT2D eigenvalue weighted by Crippen LogP contribution is 2.34. The number of methoxy groups -OCH3 is 1. The molecule has 0 unspecified atom stereocenters. The Bertz CT molecular complexity index is 1280. The minimum atomic E-state index is -0.772. The van der Waals surface area contributed by atoms with E-state index >= 15 is 0 Å². The lowest BCUT2D eigenvalue weighted by atomic mass is 9.95. The van der Waals surface area contributed by atoms with Crippen LogP contribution in [0.3, 0.4) is 0 Å². The number of aromatic hydroxyl groups is 1. The van der Waals surface area contributed by atoms with E-state index in [9.17, 15) is 19.5 Å². The molecule has 37 heavy (non-hydrogen) atoms. The van der Waals surface area contributed by atoms with Gasteiger partial charge in [-0.15, -0.1) is 0 Å². The Labute approximate surface area is 234 Å². The maximum atomic E-state index is 12.5. The molecule has 0 spiro atoms. The number of allylic oxidation sites excluding steroid dienone is 1. The first-order valence-electron chi connectivity index (χ1n) is 10.9. The van der Waals surface area contributed by atoms with Crippen molar-refractivity contribution >= 4 is 62.6 Å². The third kappa shape index (κ3) is 7.13. The Kier molecular flexibility index (Phi) is 9.74. The number of halogens is 2. The third-order valence-corrected chi connectivity index (χ3v) is 6.37. The van der Waals surface area contributed by atoms with Gasteiger partial charge in [0.1, 0.15) is 5.75 Å². The number of benzene rings is 2. The molecule has 196 valence electrons. The van der Waals surface area contributed by atoms with Crippen LogP contribution < -0.4 is 25.5 Å². The lowest BCUT2D eigenvalue weighted by molar-refractivity contribution is -0.139. The number of hydrogen-bond donors (Lipinski definition) is 4. The topological polar surface area (TPSA) is 148 Å². The van der Waals surface area contributed by atoms with Crippen molar-refractivity contribution in [3.63, 3.8) is 0 Å². The summed E-state index contributed by atoms with van der Waals surface area (Å²) in [5, 5.41) is 19.2. The molecular weight excluding hydrogens is 663 g/mol. The van der Waals surface area contributed by atoms with E-state index in [2.05, 4.69) is 37.1 Å². The van der Waals surface area contributed by atoms with Crippen LogP contribution in [0.5, 0.6) is 17.2 Å². The van der Waals surface area contributed by atoms with Crippen molar-refractivity contribution in [3.05, 3.63) is 60.8 Å². The summed E-state index contributed by atoms with van der Waals surface area (Å²) >= 11 is 5.32. The molecule has 1 aliphatic rings. The third-order valence-electron chi connectivity index (χ3n) is 5.09. The first kappa shape index (κ1) is 28.2. The zero-order valence-electron chi connectivity index (χ0n) is 20.1. The monoisotopic (exact) mass is 686 g/mol. The first-order chi connectivity index (χ1) is 17.6. The second kappa shape index (κ2) is 12.8. The largest absolute Gasteiger partial charge is 0.506 e. The van der Waals surface area contributed by atoms with E-state index in [1.807, 2.05) is 22.6 Å². The van der Waals surface area contributed by atoms with Gasteiger partial charge >= 0.3 is 12.0 Å². The first-order valence-corrected chi connectivity index (χ1v) is 12.8. The number of carbonyl (C=O) groups is 3. The highest BCUT2D eigenvalue weighted by atomic mass is 127. The van der Waals surface area contributed by atoms with Crippen LogP contribution in [0.2, 0.25) is 0 Å². The van der Waals surface area contributed by atoms with Crippen molar-refractivity contribution in [1.29, 1.82) is 0 Å². The van der Waals surface area contributed by atoms with Crippen molar-refractivity contribution in [1.82, 2.24) is 16.1 Å². The summed E-state index contributed by atoms with van der Waals surface area (Å²) in [6.45, 7) is 3.13. The zero-order chi connectivity index (χ0) is 27.1. The molecule has 0 radical (unpaired) electrons. The lowest BCUT2D eigenvalue weighted by Crippen LogP contribution is -2.45. The second-order valence-corrected chi connectivity index (χ2v) is 9.69. The predicted octanol–water partition coefficient (Wildman–Crippen LogP) is 3.49. The molecule has 1 aliphatic heterocycles. The van der Waals surface area contributed by atoms with E-state index in [-0.39, 0.29) is 36.0 Å². The van der Waals surface area contributed by atoms with Crippen molar-refractivity contribution in [2.45, 2.75) is 19.9 Å². The summed E-state index contributed by atoms with van der Waals surface area (Å²) in [6, 6.07) is 6.99. The molecular formula is C24H24BrIN4O7. The molecule has 0 aromatic heterocycles. The standard InChI is InChI=1S/C24H24BrIN4O7/c1-4-36-23(33)20-12(2)28-24(34)29-21(20)13-5-6-17(18(8-13)35-3)37-11-19(31)30-27-10-14-7-15(25)9-16(26)22(14)32/h5-10,21,32H,4,11H2,1-3H3,(H,30,31)(H2,28,29,34)/b27-10+/t21-/m1/s1. The minimum absolute atomic E-state index is 0.0453. The fourth-order valence-electron chi connectivity index (χ4n) is 3.44. The molecule has 3 rings (SSSR count). The van der Waals surface area contributed by atoms with Crippen LogP contribution in [0, 0.1) is 3.57 Å². The number of urea groups is 1.